The van der Waals surface area contributed by atoms with Gasteiger partial charge >= 0.3 is 6.01 Å². The molecule has 5 heteroatoms. The maximum atomic E-state index is 10.4. The lowest BCUT2D eigenvalue weighted by molar-refractivity contribution is 0.222. The summed E-state index contributed by atoms with van der Waals surface area (Å²) in [6, 6.07) is 25.8. The van der Waals surface area contributed by atoms with Crippen LogP contribution in [0.4, 0.5) is 0 Å². The molecule has 0 spiro atoms. The summed E-state index contributed by atoms with van der Waals surface area (Å²) < 4.78 is 5.86. The maximum absolute atomic E-state index is 10.4. The number of para-hydroxylation sites is 1. The number of aromatic hydroxyl groups is 1. The Balaban J connectivity index is 1.85. The van der Waals surface area contributed by atoms with Gasteiger partial charge in [0.05, 0.1) is 11.7 Å². The van der Waals surface area contributed by atoms with E-state index >= 15 is 0 Å². The third-order valence-corrected chi connectivity index (χ3v) is 5.10. The molecule has 5 nitrogen and oxygen atoms in total. The van der Waals surface area contributed by atoms with Gasteiger partial charge in [0.2, 0.25) is 0 Å². The van der Waals surface area contributed by atoms with Crippen LogP contribution < -0.4 is 4.74 Å². The van der Waals surface area contributed by atoms with Gasteiger partial charge in [-0.3, -0.25) is 0 Å². The quantitative estimate of drug-likeness (QED) is 0.370. The van der Waals surface area contributed by atoms with Gasteiger partial charge in [-0.15, -0.1) is 0 Å². The first-order chi connectivity index (χ1) is 15.1. The molecule has 0 aliphatic carbocycles. The molecule has 5 aromatic rings. The van der Waals surface area contributed by atoms with E-state index in [1.807, 2.05) is 44.2 Å². The SMILES string of the molecule is CC(C)Oc1nc(-c2ccccc2O)nc(-c2c3ccccc3cc3ccccc23)n1. The van der Waals surface area contributed by atoms with E-state index in [1.54, 1.807) is 18.2 Å². The summed E-state index contributed by atoms with van der Waals surface area (Å²) in [7, 11) is 0. The molecule has 0 aliphatic rings. The largest absolute Gasteiger partial charge is 0.507 e. The predicted molar refractivity (Wildman–Crippen MR) is 123 cm³/mol. The van der Waals surface area contributed by atoms with Crippen LogP contribution in [0.2, 0.25) is 0 Å². The molecule has 0 amide bonds. The van der Waals surface area contributed by atoms with Gasteiger partial charge in [-0.25, -0.2) is 4.98 Å². The minimum absolute atomic E-state index is 0.100. The topological polar surface area (TPSA) is 68.1 Å². The normalized spacial score (nSPS) is 11.3. The average Bonchev–Trinajstić information content (AvgIpc) is 2.77. The molecule has 0 bridgehead atoms. The first kappa shape index (κ1) is 19.0. The first-order valence-electron chi connectivity index (χ1n) is 10.2. The molecule has 1 N–H and O–H groups in total. The highest BCUT2D eigenvalue weighted by Gasteiger charge is 2.18. The Morgan fingerprint density at radius 1 is 0.710 bits per heavy atom. The Morgan fingerprint density at radius 2 is 1.29 bits per heavy atom. The van der Waals surface area contributed by atoms with Crippen molar-refractivity contribution in [2.24, 2.45) is 0 Å². The third kappa shape index (κ3) is 3.55. The van der Waals surface area contributed by atoms with Crippen LogP contribution in [0.5, 0.6) is 11.8 Å². The Morgan fingerprint density at radius 3 is 1.94 bits per heavy atom. The second-order valence-electron chi connectivity index (χ2n) is 7.64. The molecule has 0 atom stereocenters. The summed E-state index contributed by atoms with van der Waals surface area (Å²) in [5.41, 5.74) is 1.45. The minimum atomic E-state index is -0.100. The molecular formula is C26H21N3O2. The van der Waals surface area contributed by atoms with Gasteiger partial charge in [0.1, 0.15) is 5.75 Å². The van der Waals surface area contributed by atoms with Gasteiger partial charge in [-0.2, -0.15) is 9.97 Å². The lowest BCUT2D eigenvalue weighted by atomic mass is 9.96. The van der Waals surface area contributed by atoms with Crippen LogP contribution in [-0.4, -0.2) is 26.2 Å². The second-order valence-corrected chi connectivity index (χ2v) is 7.64. The van der Waals surface area contributed by atoms with E-state index in [0.29, 0.717) is 17.2 Å². The van der Waals surface area contributed by atoms with Crippen LogP contribution in [0.15, 0.2) is 78.9 Å². The zero-order valence-corrected chi connectivity index (χ0v) is 17.3. The molecule has 0 aliphatic heterocycles. The lowest BCUT2D eigenvalue weighted by Gasteiger charge is -2.14. The number of fused-ring (bicyclic) bond motifs is 2. The molecule has 5 rings (SSSR count). The van der Waals surface area contributed by atoms with E-state index in [1.165, 1.54) is 0 Å². The predicted octanol–water partition coefficient (Wildman–Crippen LogP) is 6.00. The van der Waals surface area contributed by atoms with E-state index < -0.39 is 0 Å². The molecule has 152 valence electrons. The van der Waals surface area contributed by atoms with E-state index in [-0.39, 0.29) is 17.9 Å². The Bertz CT molecular complexity index is 1360. The molecule has 4 aromatic carbocycles. The van der Waals surface area contributed by atoms with E-state index in [4.69, 9.17) is 9.72 Å². The van der Waals surface area contributed by atoms with Gasteiger partial charge in [-0.05, 0) is 53.6 Å². The number of phenols is 1. The molecule has 0 fully saturated rings. The Kier molecular flexibility index (Phi) is 4.71. The highest BCUT2D eigenvalue weighted by Crippen LogP contribution is 2.36. The van der Waals surface area contributed by atoms with Crippen LogP contribution in [0, 0.1) is 0 Å². The van der Waals surface area contributed by atoms with Crippen molar-refractivity contribution in [3.63, 3.8) is 0 Å². The molecule has 31 heavy (non-hydrogen) atoms. The van der Waals surface area contributed by atoms with E-state index in [2.05, 4.69) is 40.3 Å². The summed E-state index contributed by atoms with van der Waals surface area (Å²) >= 11 is 0. The fourth-order valence-electron chi connectivity index (χ4n) is 3.77. The second kappa shape index (κ2) is 7.69. The monoisotopic (exact) mass is 407 g/mol. The van der Waals surface area contributed by atoms with E-state index in [9.17, 15) is 5.11 Å². The average molecular weight is 407 g/mol. The smallest absolute Gasteiger partial charge is 0.320 e. The summed E-state index contributed by atoms with van der Waals surface area (Å²) in [6.07, 6.45) is -0.100. The van der Waals surface area contributed by atoms with Gasteiger partial charge in [-0.1, -0.05) is 60.7 Å². The van der Waals surface area contributed by atoms with Crippen LogP contribution in [-0.2, 0) is 0 Å². The van der Waals surface area contributed by atoms with Crippen LogP contribution in [0.3, 0.4) is 0 Å². The van der Waals surface area contributed by atoms with Crippen LogP contribution in [0.1, 0.15) is 13.8 Å². The molecular weight excluding hydrogens is 386 g/mol. The standard InChI is InChI=1S/C26H21N3O2/c1-16(2)31-26-28-24(21-13-7-8-14-22(21)30)27-25(29-26)23-19-11-5-3-9-17(19)15-18-10-4-6-12-20(18)23/h3-16,30H,1-2H3. The van der Waals surface area contributed by atoms with Crippen LogP contribution >= 0.6 is 0 Å². The molecule has 0 saturated carbocycles. The highest BCUT2D eigenvalue weighted by atomic mass is 16.5. The number of nitrogens with zero attached hydrogens (tertiary/aromatic N) is 3. The van der Waals surface area contributed by atoms with Gasteiger partial charge in [0.25, 0.3) is 0 Å². The molecule has 1 heterocycles. The third-order valence-electron chi connectivity index (χ3n) is 5.10. The highest BCUT2D eigenvalue weighted by molar-refractivity contribution is 6.11. The van der Waals surface area contributed by atoms with Crippen molar-refractivity contribution in [1.29, 1.82) is 0 Å². The molecule has 0 unspecified atom stereocenters. The minimum Gasteiger partial charge on any atom is -0.507 e. The van der Waals surface area contributed by atoms with E-state index in [0.717, 1.165) is 27.1 Å². The number of ether oxygens (including phenoxy) is 1. The molecule has 0 saturated heterocycles. The lowest BCUT2D eigenvalue weighted by Crippen LogP contribution is -2.10. The molecule has 1 aromatic heterocycles. The van der Waals surface area contributed by atoms with Gasteiger partial charge in [0, 0.05) is 5.56 Å². The van der Waals surface area contributed by atoms with Crippen molar-refractivity contribution in [2.75, 3.05) is 0 Å². The number of hydrogen-bond acceptors (Lipinski definition) is 5. The van der Waals surface area contributed by atoms with Crippen molar-refractivity contribution in [3.05, 3.63) is 78.9 Å². The number of hydrogen-bond donors (Lipinski definition) is 1. The number of benzene rings is 4. The maximum Gasteiger partial charge on any atom is 0.320 e. The van der Waals surface area contributed by atoms with Gasteiger partial charge < -0.3 is 9.84 Å². The number of phenolic OH excluding ortho intramolecular Hbond substituents is 1. The number of rotatable bonds is 4. The summed E-state index contributed by atoms with van der Waals surface area (Å²) in [6.45, 7) is 3.85. The zero-order chi connectivity index (χ0) is 21.4. The van der Waals surface area contributed by atoms with Crippen molar-refractivity contribution in [2.45, 2.75) is 20.0 Å². The van der Waals surface area contributed by atoms with Crippen molar-refractivity contribution in [3.8, 4) is 34.5 Å². The summed E-state index contributed by atoms with van der Waals surface area (Å²) in [4.78, 5) is 13.9. The fourth-order valence-corrected chi connectivity index (χ4v) is 3.77. The van der Waals surface area contributed by atoms with Crippen molar-refractivity contribution in [1.82, 2.24) is 15.0 Å². The summed E-state index contributed by atoms with van der Waals surface area (Å²) in [5.74, 6) is 0.991. The Hall–Kier alpha value is -3.99. The summed E-state index contributed by atoms with van der Waals surface area (Å²) in [5, 5.41) is 14.7. The van der Waals surface area contributed by atoms with Crippen molar-refractivity contribution >= 4 is 21.5 Å². The number of aromatic nitrogens is 3. The first-order valence-corrected chi connectivity index (χ1v) is 10.2. The van der Waals surface area contributed by atoms with Crippen LogP contribution in [0.25, 0.3) is 44.3 Å². The molecule has 0 radical (unpaired) electrons. The Labute approximate surface area is 180 Å². The fraction of sp³-hybridized carbons (Fsp3) is 0.115. The van der Waals surface area contributed by atoms with Gasteiger partial charge in [0.15, 0.2) is 11.6 Å². The van der Waals surface area contributed by atoms with Crippen molar-refractivity contribution < 1.29 is 9.84 Å². The zero-order valence-electron chi connectivity index (χ0n) is 17.3.